The summed E-state index contributed by atoms with van der Waals surface area (Å²) in [4.78, 5) is 29.2. The zero-order valence-corrected chi connectivity index (χ0v) is 22.8. The fraction of sp³-hybridized carbons (Fsp3) is 0.375. The van der Waals surface area contributed by atoms with Crippen LogP contribution in [-0.4, -0.2) is 35.4 Å². The molecule has 2 amide bonds. The van der Waals surface area contributed by atoms with E-state index in [1.807, 2.05) is 73.7 Å². The zero-order valence-electron chi connectivity index (χ0n) is 22.1. The van der Waals surface area contributed by atoms with Crippen molar-refractivity contribution in [2.45, 2.75) is 70.5 Å². The van der Waals surface area contributed by atoms with Crippen LogP contribution in [0.1, 0.15) is 55.2 Å². The lowest BCUT2D eigenvalue weighted by atomic mass is 10.0. The maximum atomic E-state index is 13.7. The largest absolute Gasteiger partial charge is 0.494 e. The Balaban J connectivity index is 1.50. The van der Waals surface area contributed by atoms with Crippen molar-refractivity contribution in [3.05, 3.63) is 101 Å². The third-order valence-electron chi connectivity index (χ3n) is 7.06. The van der Waals surface area contributed by atoms with Gasteiger partial charge in [0.15, 0.2) is 0 Å². The van der Waals surface area contributed by atoms with Crippen molar-refractivity contribution in [3.63, 3.8) is 0 Å². The maximum absolute atomic E-state index is 13.7. The van der Waals surface area contributed by atoms with Gasteiger partial charge in [0, 0.05) is 30.5 Å². The van der Waals surface area contributed by atoms with Crippen LogP contribution in [-0.2, 0) is 22.6 Å². The molecular formula is C32H37ClN2O3. The minimum absolute atomic E-state index is 0.0483. The summed E-state index contributed by atoms with van der Waals surface area (Å²) >= 11 is 5.95. The van der Waals surface area contributed by atoms with Crippen LogP contribution in [0.3, 0.4) is 0 Å². The molecule has 3 aromatic carbocycles. The van der Waals surface area contributed by atoms with E-state index in [4.69, 9.17) is 16.3 Å². The normalized spacial score (nSPS) is 14.2. The molecule has 1 fully saturated rings. The van der Waals surface area contributed by atoms with E-state index in [0.29, 0.717) is 37.4 Å². The molecule has 5 nitrogen and oxygen atoms in total. The van der Waals surface area contributed by atoms with Crippen LogP contribution in [0.5, 0.6) is 5.75 Å². The third-order valence-corrected chi connectivity index (χ3v) is 7.32. The van der Waals surface area contributed by atoms with Crippen molar-refractivity contribution in [1.29, 1.82) is 0 Å². The smallest absolute Gasteiger partial charge is 0.243 e. The topological polar surface area (TPSA) is 58.6 Å². The summed E-state index contributed by atoms with van der Waals surface area (Å²) in [5, 5.41) is 3.91. The third kappa shape index (κ3) is 8.35. The molecule has 0 unspecified atom stereocenters. The van der Waals surface area contributed by atoms with Gasteiger partial charge in [0.25, 0.3) is 0 Å². The highest BCUT2D eigenvalue weighted by Gasteiger charge is 2.31. The van der Waals surface area contributed by atoms with Gasteiger partial charge in [-0.1, -0.05) is 84.6 Å². The summed E-state index contributed by atoms with van der Waals surface area (Å²) in [6.45, 7) is 2.83. The van der Waals surface area contributed by atoms with Crippen LogP contribution in [0.25, 0.3) is 0 Å². The van der Waals surface area contributed by atoms with Crippen LogP contribution in [0.15, 0.2) is 78.9 Å². The van der Waals surface area contributed by atoms with Crippen molar-refractivity contribution in [3.8, 4) is 5.75 Å². The lowest BCUT2D eigenvalue weighted by Gasteiger charge is -2.32. The minimum Gasteiger partial charge on any atom is -0.494 e. The molecule has 0 spiro atoms. The molecule has 0 saturated heterocycles. The number of aryl methyl sites for hydroxylation is 1. The number of rotatable bonds is 12. The standard InChI is InChI=1S/C32H37ClN2O3/c1-24-13-15-26(16-14-24)23-35(31(36)12-7-21-38-29-19-17-27(33)18-20-29)30(22-25-8-3-2-4-9-25)32(37)34-28-10-5-6-11-28/h2-4,8-9,13-20,28,30H,5-7,10-12,21-23H2,1H3,(H,34,37)/t30-/m1/s1. The Kier molecular flexibility index (Phi) is 10.2. The first-order chi connectivity index (χ1) is 18.5. The molecule has 0 radical (unpaired) electrons. The Bertz CT molecular complexity index is 1160. The van der Waals surface area contributed by atoms with Crippen molar-refractivity contribution in [2.75, 3.05) is 6.61 Å². The van der Waals surface area contributed by atoms with E-state index >= 15 is 0 Å². The van der Waals surface area contributed by atoms with Gasteiger partial charge in [-0.15, -0.1) is 0 Å². The molecule has 6 heteroatoms. The molecule has 0 aromatic heterocycles. The molecule has 0 aliphatic heterocycles. The van der Waals surface area contributed by atoms with E-state index in [9.17, 15) is 9.59 Å². The summed E-state index contributed by atoms with van der Waals surface area (Å²) in [6.07, 6.45) is 5.57. The number of benzene rings is 3. The molecule has 1 saturated carbocycles. The highest BCUT2D eigenvalue weighted by Crippen LogP contribution is 2.21. The van der Waals surface area contributed by atoms with E-state index in [0.717, 1.165) is 48.1 Å². The lowest BCUT2D eigenvalue weighted by Crippen LogP contribution is -2.52. The number of amides is 2. The van der Waals surface area contributed by atoms with Crippen LogP contribution in [0, 0.1) is 6.92 Å². The number of nitrogens with one attached hydrogen (secondary N) is 1. The molecule has 3 aromatic rings. The molecule has 1 atom stereocenters. The highest BCUT2D eigenvalue weighted by atomic mass is 35.5. The second-order valence-corrected chi connectivity index (χ2v) is 10.5. The molecular weight excluding hydrogens is 496 g/mol. The number of carbonyl (C=O) groups is 2. The van der Waals surface area contributed by atoms with Crippen molar-refractivity contribution in [2.24, 2.45) is 0 Å². The minimum atomic E-state index is -0.594. The molecule has 1 N–H and O–H groups in total. The Morgan fingerprint density at radius 3 is 2.32 bits per heavy atom. The van der Waals surface area contributed by atoms with Gasteiger partial charge in [0.05, 0.1) is 6.61 Å². The van der Waals surface area contributed by atoms with E-state index in [1.165, 1.54) is 0 Å². The van der Waals surface area contributed by atoms with Gasteiger partial charge in [-0.05, 0) is 61.6 Å². The van der Waals surface area contributed by atoms with Crippen LogP contribution >= 0.6 is 11.6 Å². The number of hydrogen-bond donors (Lipinski definition) is 1. The summed E-state index contributed by atoms with van der Waals surface area (Å²) < 4.78 is 5.81. The monoisotopic (exact) mass is 532 g/mol. The number of halogens is 1. The Morgan fingerprint density at radius 1 is 0.947 bits per heavy atom. The van der Waals surface area contributed by atoms with Crippen LogP contribution in [0.2, 0.25) is 5.02 Å². The summed E-state index contributed by atoms with van der Waals surface area (Å²) in [6, 6.07) is 24.9. The fourth-order valence-corrected chi connectivity index (χ4v) is 5.03. The molecule has 0 bridgehead atoms. The first-order valence-electron chi connectivity index (χ1n) is 13.6. The van der Waals surface area contributed by atoms with Crippen LogP contribution < -0.4 is 10.1 Å². The maximum Gasteiger partial charge on any atom is 0.243 e. The van der Waals surface area contributed by atoms with E-state index in [-0.39, 0.29) is 17.9 Å². The molecule has 200 valence electrons. The average molecular weight is 533 g/mol. The van der Waals surface area contributed by atoms with Gasteiger partial charge in [-0.25, -0.2) is 0 Å². The first kappa shape index (κ1) is 27.7. The van der Waals surface area contributed by atoms with Gasteiger partial charge in [-0.2, -0.15) is 0 Å². The van der Waals surface area contributed by atoms with Gasteiger partial charge >= 0.3 is 0 Å². The van der Waals surface area contributed by atoms with Crippen LogP contribution in [0.4, 0.5) is 0 Å². The summed E-state index contributed by atoms with van der Waals surface area (Å²) in [7, 11) is 0. The van der Waals surface area contributed by atoms with Gasteiger partial charge in [0.2, 0.25) is 11.8 Å². The van der Waals surface area contributed by atoms with Crippen molar-refractivity contribution >= 4 is 23.4 Å². The number of ether oxygens (including phenoxy) is 1. The second-order valence-electron chi connectivity index (χ2n) is 10.1. The number of carbonyl (C=O) groups excluding carboxylic acids is 2. The van der Waals surface area contributed by atoms with Gasteiger partial charge < -0.3 is 15.0 Å². The summed E-state index contributed by atoms with van der Waals surface area (Å²) in [5.74, 6) is 0.600. The summed E-state index contributed by atoms with van der Waals surface area (Å²) in [5.41, 5.74) is 3.20. The van der Waals surface area contributed by atoms with E-state index in [2.05, 4.69) is 5.32 Å². The molecule has 38 heavy (non-hydrogen) atoms. The molecule has 1 aliphatic rings. The fourth-order valence-electron chi connectivity index (χ4n) is 4.90. The first-order valence-corrected chi connectivity index (χ1v) is 13.9. The number of hydrogen-bond acceptors (Lipinski definition) is 3. The van der Waals surface area contributed by atoms with E-state index < -0.39 is 6.04 Å². The molecule has 4 rings (SSSR count). The second kappa shape index (κ2) is 14.0. The molecule has 1 aliphatic carbocycles. The predicted octanol–water partition coefficient (Wildman–Crippen LogP) is 6.51. The van der Waals surface area contributed by atoms with E-state index in [1.54, 1.807) is 17.0 Å². The quantitative estimate of drug-likeness (QED) is 0.271. The highest BCUT2D eigenvalue weighted by molar-refractivity contribution is 6.30. The Hall–Kier alpha value is -3.31. The predicted molar refractivity (Wildman–Crippen MR) is 152 cm³/mol. The zero-order chi connectivity index (χ0) is 26.7. The van der Waals surface area contributed by atoms with Gasteiger partial charge in [0.1, 0.15) is 11.8 Å². The Labute approximate surface area is 231 Å². The number of nitrogens with zero attached hydrogens (tertiary/aromatic N) is 1. The van der Waals surface area contributed by atoms with Crippen molar-refractivity contribution < 1.29 is 14.3 Å². The van der Waals surface area contributed by atoms with Crippen molar-refractivity contribution in [1.82, 2.24) is 10.2 Å². The van der Waals surface area contributed by atoms with Gasteiger partial charge in [-0.3, -0.25) is 9.59 Å². The lowest BCUT2D eigenvalue weighted by molar-refractivity contribution is -0.141. The SMILES string of the molecule is Cc1ccc(CN(C(=O)CCCOc2ccc(Cl)cc2)[C@H](Cc2ccccc2)C(=O)NC2CCCC2)cc1. The Morgan fingerprint density at radius 2 is 1.63 bits per heavy atom. The molecule has 0 heterocycles. The average Bonchev–Trinajstić information content (AvgIpc) is 3.44.